The van der Waals surface area contributed by atoms with E-state index in [9.17, 15) is 9.18 Å². The maximum atomic E-state index is 13.9. The molecule has 2 aromatic carbocycles. The summed E-state index contributed by atoms with van der Waals surface area (Å²) in [6, 6.07) is 14.6. The van der Waals surface area contributed by atoms with E-state index < -0.39 is 0 Å². The second-order valence-electron chi connectivity index (χ2n) is 6.64. The minimum Gasteiger partial charge on any atom is -0.494 e. The molecule has 1 aliphatic rings. The lowest BCUT2D eigenvalue weighted by molar-refractivity contribution is 0.241. The van der Waals surface area contributed by atoms with E-state index in [1.165, 1.54) is 13.2 Å². The van der Waals surface area contributed by atoms with E-state index in [4.69, 9.17) is 4.74 Å². The minimum atomic E-state index is -0.376. The van der Waals surface area contributed by atoms with Gasteiger partial charge in [-0.05, 0) is 17.7 Å². The van der Waals surface area contributed by atoms with Crippen LogP contribution in [0, 0.1) is 5.82 Å². The molecule has 0 atom stereocenters. The molecule has 0 radical (unpaired) electrons. The van der Waals surface area contributed by atoms with Gasteiger partial charge in [0.1, 0.15) is 5.82 Å². The van der Waals surface area contributed by atoms with Crippen LogP contribution in [-0.4, -0.2) is 28.5 Å². The summed E-state index contributed by atoms with van der Waals surface area (Å²) in [7, 11) is 1.45. The first-order chi connectivity index (χ1) is 13.1. The van der Waals surface area contributed by atoms with Gasteiger partial charge in [0, 0.05) is 31.6 Å². The van der Waals surface area contributed by atoms with Gasteiger partial charge in [0.15, 0.2) is 11.6 Å². The fourth-order valence-corrected chi connectivity index (χ4v) is 3.42. The van der Waals surface area contributed by atoms with Crippen molar-refractivity contribution in [3.05, 3.63) is 81.5 Å². The Morgan fingerprint density at radius 3 is 2.78 bits per heavy atom. The van der Waals surface area contributed by atoms with Gasteiger partial charge < -0.3 is 9.72 Å². The lowest BCUT2D eigenvalue weighted by Gasteiger charge is -2.27. The number of halogens is 1. The average Bonchev–Trinajstić information content (AvgIpc) is 2.69. The van der Waals surface area contributed by atoms with Gasteiger partial charge in [0.05, 0.1) is 18.4 Å². The van der Waals surface area contributed by atoms with Gasteiger partial charge in [-0.1, -0.05) is 36.4 Å². The second-order valence-corrected chi connectivity index (χ2v) is 6.64. The Balaban J connectivity index is 1.55. The van der Waals surface area contributed by atoms with Gasteiger partial charge >= 0.3 is 0 Å². The van der Waals surface area contributed by atoms with Gasteiger partial charge in [0.2, 0.25) is 0 Å². The summed E-state index contributed by atoms with van der Waals surface area (Å²) in [4.78, 5) is 22.3. The van der Waals surface area contributed by atoms with Crippen LogP contribution in [0.3, 0.4) is 0 Å². The van der Waals surface area contributed by atoms with Crippen molar-refractivity contribution < 1.29 is 9.13 Å². The van der Waals surface area contributed by atoms with E-state index in [0.29, 0.717) is 30.9 Å². The highest BCUT2D eigenvalue weighted by molar-refractivity contribution is 5.54. The summed E-state index contributed by atoms with van der Waals surface area (Å²) in [5.41, 5.74) is 3.17. The third kappa shape index (κ3) is 3.61. The number of rotatable bonds is 4. The van der Waals surface area contributed by atoms with E-state index in [-0.39, 0.29) is 17.1 Å². The number of benzene rings is 2. The molecule has 27 heavy (non-hydrogen) atoms. The average molecular weight is 365 g/mol. The number of methoxy groups -OCH3 is 1. The van der Waals surface area contributed by atoms with Crippen LogP contribution in [-0.2, 0) is 19.5 Å². The Bertz CT molecular complexity index is 1020. The van der Waals surface area contributed by atoms with Crippen LogP contribution in [0.1, 0.15) is 16.8 Å². The summed E-state index contributed by atoms with van der Waals surface area (Å²) in [5, 5.41) is 0. The molecule has 0 saturated carbocycles. The van der Waals surface area contributed by atoms with Crippen molar-refractivity contribution in [3.8, 4) is 17.1 Å². The highest BCUT2D eigenvalue weighted by Gasteiger charge is 2.22. The van der Waals surface area contributed by atoms with E-state index in [1.54, 1.807) is 6.07 Å². The van der Waals surface area contributed by atoms with E-state index in [1.807, 2.05) is 36.4 Å². The number of fused-ring (bicyclic) bond motifs is 1. The van der Waals surface area contributed by atoms with Crippen molar-refractivity contribution in [1.29, 1.82) is 0 Å². The van der Waals surface area contributed by atoms with E-state index in [2.05, 4.69) is 14.9 Å². The van der Waals surface area contributed by atoms with Crippen molar-refractivity contribution in [3.63, 3.8) is 0 Å². The summed E-state index contributed by atoms with van der Waals surface area (Å²) in [5.74, 6) is 0.460. The largest absolute Gasteiger partial charge is 0.494 e. The molecule has 1 aliphatic heterocycles. The molecule has 4 rings (SSSR count). The monoisotopic (exact) mass is 365 g/mol. The first kappa shape index (κ1) is 17.4. The Morgan fingerprint density at radius 2 is 2.04 bits per heavy atom. The maximum absolute atomic E-state index is 13.9. The molecule has 1 N–H and O–H groups in total. The highest BCUT2D eigenvalue weighted by Crippen LogP contribution is 2.22. The third-order valence-corrected chi connectivity index (χ3v) is 4.82. The number of aromatic amines is 1. The number of hydrogen-bond donors (Lipinski definition) is 1. The molecular formula is C21H20FN3O2. The molecule has 0 unspecified atom stereocenters. The van der Waals surface area contributed by atoms with Crippen molar-refractivity contribution in [2.75, 3.05) is 13.7 Å². The number of nitrogens with zero attached hydrogens (tertiary/aromatic N) is 2. The van der Waals surface area contributed by atoms with E-state index >= 15 is 0 Å². The van der Waals surface area contributed by atoms with Crippen LogP contribution in [0.5, 0.6) is 5.75 Å². The quantitative estimate of drug-likeness (QED) is 0.772. The molecule has 0 bridgehead atoms. The smallest absolute Gasteiger partial charge is 0.255 e. The predicted octanol–water partition coefficient (Wildman–Crippen LogP) is 3.14. The highest BCUT2D eigenvalue weighted by atomic mass is 19.1. The standard InChI is InChI=1S/C21H20FN3O2/c1-27-19-8-7-14(11-17(19)22)12-25-10-9-18-16(13-25)21(26)24-20(23-18)15-5-3-2-4-6-15/h2-8,11H,9-10,12-13H2,1H3,(H,23,24,26). The second kappa shape index (κ2) is 7.32. The summed E-state index contributed by atoms with van der Waals surface area (Å²) < 4.78 is 18.9. The van der Waals surface area contributed by atoms with Gasteiger partial charge in [0.25, 0.3) is 5.56 Å². The van der Waals surface area contributed by atoms with Crippen molar-refractivity contribution in [2.45, 2.75) is 19.5 Å². The van der Waals surface area contributed by atoms with Gasteiger partial charge in [-0.25, -0.2) is 9.37 Å². The molecule has 0 saturated heterocycles. The number of ether oxygens (including phenoxy) is 1. The Kier molecular flexibility index (Phi) is 4.73. The summed E-state index contributed by atoms with van der Waals surface area (Å²) in [6.45, 7) is 1.84. The lowest BCUT2D eigenvalue weighted by Crippen LogP contribution is -2.35. The number of H-pyrrole nitrogens is 1. The van der Waals surface area contributed by atoms with Crippen LogP contribution in [0.25, 0.3) is 11.4 Å². The molecule has 5 nitrogen and oxygen atoms in total. The van der Waals surface area contributed by atoms with Gasteiger partial charge in [-0.2, -0.15) is 0 Å². The van der Waals surface area contributed by atoms with E-state index in [0.717, 1.165) is 23.4 Å². The zero-order valence-corrected chi connectivity index (χ0v) is 15.0. The SMILES string of the molecule is COc1ccc(CN2CCc3nc(-c4ccccc4)[nH]c(=O)c3C2)cc1F. The Labute approximate surface area is 156 Å². The summed E-state index contributed by atoms with van der Waals surface area (Å²) in [6.07, 6.45) is 0.692. The van der Waals surface area contributed by atoms with Crippen LogP contribution in [0.4, 0.5) is 4.39 Å². The lowest BCUT2D eigenvalue weighted by atomic mass is 10.1. The molecule has 0 fully saturated rings. The number of nitrogens with one attached hydrogen (secondary N) is 1. The molecule has 1 aromatic heterocycles. The van der Waals surface area contributed by atoms with Crippen molar-refractivity contribution in [1.82, 2.24) is 14.9 Å². The van der Waals surface area contributed by atoms with Crippen LogP contribution in [0.2, 0.25) is 0 Å². The fourth-order valence-electron chi connectivity index (χ4n) is 3.42. The van der Waals surface area contributed by atoms with Crippen LogP contribution in [0.15, 0.2) is 53.3 Å². The zero-order valence-electron chi connectivity index (χ0n) is 15.0. The predicted molar refractivity (Wildman–Crippen MR) is 101 cm³/mol. The molecule has 2 heterocycles. The summed E-state index contributed by atoms with van der Waals surface area (Å²) >= 11 is 0. The third-order valence-electron chi connectivity index (χ3n) is 4.82. The molecule has 138 valence electrons. The first-order valence-corrected chi connectivity index (χ1v) is 8.86. The fraction of sp³-hybridized carbons (Fsp3) is 0.238. The normalized spacial score (nSPS) is 14.0. The molecule has 0 amide bonds. The molecular weight excluding hydrogens is 345 g/mol. The molecule has 0 spiro atoms. The first-order valence-electron chi connectivity index (χ1n) is 8.86. The topological polar surface area (TPSA) is 58.2 Å². The molecule has 3 aromatic rings. The Morgan fingerprint density at radius 1 is 1.22 bits per heavy atom. The molecule has 6 heteroatoms. The Hall–Kier alpha value is -2.99. The van der Waals surface area contributed by atoms with Crippen LogP contribution >= 0.6 is 0 Å². The van der Waals surface area contributed by atoms with Crippen LogP contribution < -0.4 is 10.3 Å². The number of hydrogen-bond acceptors (Lipinski definition) is 4. The minimum absolute atomic E-state index is 0.107. The van der Waals surface area contributed by atoms with Crippen molar-refractivity contribution in [2.24, 2.45) is 0 Å². The van der Waals surface area contributed by atoms with Gasteiger partial charge in [-0.3, -0.25) is 9.69 Å². The zero-order chi connectivity index (χ0) is 18.8. The van der Waals surface area contributed by atoms with Gasteiger partial charge in [-0.15, -0.1) is 0 Å². The molecule has 0 aliphatic carbocycles. The van der Waals surface area contributed by atoms with Crippen molar-refractivity contribution >= 4 is 0 Å². The maximum Gasteiger partial charge on any atom is 0.255 e. The number of aromatic nitrogens is 2.